The minimum Gasteiger partial charge on any atom is -0.493 e. The van der Waals surface area contributed by atoms with Gasteiger partial charge in [-0.15, -0.1) is 0 Å². The molecule has 0 bridgehead atoms. The average Bonchev–Trinajstić information content (AvgIpc) is 2.46. The summed E-state index contributed by atoms with van der Waals surface area (Å²) >= 11 is 6.24. The molecule has 22 heavy (non-hydrogen) atoms. The molecule has 0 aliphatic heterocycles. The van der Waals surface area contributed by atoms with Crippen LogP contribution in [0.4, 0.5) is 0 Å². The Kier molecular flexibility index (Phi) is 7.25. The Hall–Kier alpha value is -1.68. The Morgan fingerprint density at radius 2 is 2.05 bits per heavy atom. The van der Waals surface area contributed by atoms with Gasteiger partial charge < -0.3 is 14.8 Å². The van der Waals surface area contributed by atoms with Crippen LogP contribution in [0.5, 0.6) is 11.5 Å². The van der Waals surface area contributed by atoms with Crippen LogP contribution in [-0.4, -0.2) is 25.2 Å². The molecule has 1 amide bonds. The quantitative estimate of drug-likeness (QED) is 0.769. The van der Waals surface area contributed by atoms with Crippen molar-refractivity contribution < 1.29 is 14.3 Å². The lowest BCUT2D eigenvalue weighted by atomic mass is 10.1. The Balaban J connectivity index is 2.93. The fraction of sp³-hybridized carbons (Fsp3) is 0.471. The topological polar surface area (TPSA) is 47.6 Å². The van der Waals surface area contributed by atoms with Crippen LogP contribution in [0.1, 0.15) is 39.7 Å². The molecule has 0 aliphatic rings. The molecule has 5 heteroatoms. The van der Waals surface area contributed by atoms with Gasteiger partial charge in [-0.05, 0) is 51.0 Å². The third kappa shape index (κ3) is 5.60. The molecule has 1 aromatic carbocycles. The second-order valence-electron chi connectivity index (χ2n) is 5.35. The normalized spacial score (nSPS) is 12.5. The first-order valence-electron chi connectivity index (χ1n) is 7.40. The molecule has 4 nitrogen and oxygen atoms in total. The number of ether oxygens (including phenoxy) is 2. The third-order valence-corrected chi connectivity index (χ3v) is 3.31. The maximum atomic E-state index is 11.8. The standard InChI is InChI=1S/C17H24ClNO3/c1-6-12(4)19-16(20)8-7-13-9-14(18)17(22-11(2)3)15(10-13)21-5/h7-12H,6H2,1-5H3,(H,19,20)/b8-7+. The fourth-order valence-corrected chi connectivity index (χ4v) is 2.01. The van der Waals surface area contributed by atoms with Gasteiger partial charge in [-0.2, -0.15) is 0 Å². The van der Waals surface area contributed by atoms with Crippen LogP contribution in [0.2, 0.25) is 5.02 Å². The first kappa shape index (κ1) is 18.4. The summed E-state index contributed by atoms with van der Waals surface area (Å²) in [5, 5.41) is 3.32. The van der Waals surface area contributed by atoms with Crippen LogP contribution in [0.25, 0.3) is 6.08 Å². The number of rotatable bonds is 7. The highest BCUT2D eigenvalue weighted by Gasteiger charge is 2.12. The van der Waals surface area contributed by atoms with Crippen LogP contribution >= 0.6 is 11.6 Å². The lowest BCUT2D eigenvalue weighted by Gasteiger charge is -2.15. The van der Waals surface area contributed by atoms with Crippen LogP contribution < -0.4 is 14.8 Å². The number of methoxy groups -OCH3 is 1. The van der Waals surface area contributed by atoms with Gasteiger partial charge in [0.15, 0.2) is 11.5 Å². The number of hydrogen-bond acceptors (Lipinski definition) is 3. The number of hydrogen-bond donors (Lipinski definition) is 1. The Morgan fingerprint density at radius 1 is 1.36 bits per heavy atom. The maximum absolute atomic E-state index is 11.8. The Labute approximate surface area is 137 Å². The van der Waals surface area contributed by atoms with Gasteiger partial charge in [0, 0.05) is 12.1 Å². The van der Waals surface area contributed by atoms with Crippen molar-refractivity contribution >= 4 is 23.6 Å². The van der Waals surface area contributed by atoms with Gasteiger partial charge in [0.1, 0.15) is 0 Å². The summed E-state index contributed by atoms with van der Waals surface area (Å²) < 4.78 is 11.0. The molecule has 0 spiro atoms. The molecule has 1 N–H and O–H groups in total. The third-order valence-electron chi connectivity index (χ3n) is 3.03. The number of carbonyl (C=O) groups excluding carboxylic acids is 1. The molecule has 0 saturated heterocycles. The molecule has 0 aromatic heterocycles. The van der Waals surface area contributed by atoms with Gasteiger partial charge in [-0.1, -0.05) is 18.5 Å². The predicted molar refractivity (Wildman–Crippen MR) is 90.7 cm³/mol. The van der Waals surface area contributed by atoms with Gasteiger partial charge in [-0.25, -0.2) is 0 Å². The largest absolute Gasteiger partial charge is 0.493 e. The molecule has 1 unspecified atom stereocenters. The van der Waals surface area contributed by atoms with E-state index in [2.05, 4.69) is 5.32 Å². The summed E-state index contributed by atoms with van der Waals surface area (Å²) in [6, 6.07) is 3.68. The van der Waals surface area contributed by atoms with Gasteiger partial charge in [0.25, 0.3) is 0 Å². The minimum atomic E-state index is -0.132. The van der Waals surface area contributed by atoms with Crippen molar-refractivity contribution in [2.75, 3.05) is 7.11 Å². The molecule has 1 rings (SSSR count). The molecule has 0 fully saturated rings. The number of nitrogens with one attached hydrogen (secondary N) is 1. The second kappa shape index (κ2) is 8.69. The van der Waals surface area contributed by atoms with Crippen LogP contribution in [0.15, 0.2) is 18.2 Å². The zero-order valence-electron chi connectivity index (χ0n) is 13.8. The molecular formula is C17H24ClNO3. The summed E-state index contributed by atoms with van der Waals surface area (Å²) in [5.74, 6) is 0.926. The maximum Gasteiger partial charge on any atom is 0.244 e. The zero-order valence-corrected chi connectivity index (χ0v) is 14.5. The van der Waals surface area contributed by atoms with Crippen molar-refractivity contribution in [2.24, 2.45) is 0 Å². The van der Waals surface area contributed by atoms with Crippen LogP contribution in [-0.2, 0) is 4.79 Å². The van der Waals surface area contributed by atoms with Gasteiger partial charge >= 0.3 is 0 Å². The Morgan fingerprint density at radius 3 is 2.59 bits per heavy atom. The smallest absolute Gasteiger partial charge is 0.244 e. The monoisotopic (exact) mass is 325 g/mol. The molecule has 0 aliphatic carbocycles. The van der Waals surface area contributed by atoms with E-state index in [4.69, 9.17) is 21.1 Å². The van der Waals surface area contributed by atoms with Gasteiger partial charge in [-0.3, -0.25) is 4.79 Å². The van der Waals surface area contributed by atoms with Gasteiger partial charge in [0.2, 0.25) is 5.91 Å². The fourth-order valence-electron chi connectivity index (χ4n) is 1.75. The van der Waals surface area contributed by atoms with Crippen molar-refractivity contribution in [1.82, 2.24) is 5.32 Å². The molecule has 0 heterocycles. The lowest BCUT2D eigenvalue weighted by Crippen LogP contribution is -2.30. The average molecular weight is 326 g/mol. The van der Waals surface area contributed by atoms with E-state index in [0.29, 0.717) is 16.5 Å². The summed E-state index contributed by atoms with van der Waals surface area (Å²) in [5.41, 5.74) is 0.775. The van der Waals surface area contributed by atoms with E-state index < -0.39 is 0 Å². The van der Waals surface area contributed by atoms with E-state index in [1.165, 1.54) is 6.08 Å². The highest BCUT2D eigenvalue weighted by molar-refractivity contribution is 6.32. The van der Waals surface area contributed by atoms with Crippen LogP contribution in [0, 0.1) is 0 Å². The predicted octanol–water partition coefficient (Wildman–Crippen LogP) is 4.06. The number of halogens is 1. The molecule has 0 saturated carbocycles. The van der Waals surface area contributed by atoms with Crippen molar-refractivity contribution in [3.05, 3.63) is 28.8 Å². The summed E-state index contributed by atoms with van der Waals surface area (Å²) in [4.78, 5) is 11.8. The van der Waals surface area contributed by atoms with Crippen molar-refractivity contribution in [3.8, 4) is 11.5 Å². The van der Waals surface area contributed by atoms with E-state index in [1.54, 1.807) is 25.3 Å². The zero-order chi connectivity index (χ0) is 16.7. The van der Waals surface area contributed by atoms with Crippen molar-refractivity contribution in [3.63, 3.8) is 0 Å². The van der Waals surface area contributed by atoms with E-state index in [0.717, 1.165) is 12.0 Å². The van der Waals surface area contributed by atoms with E-state index in [1.807, 2.05) is 27.7 Å². The Bertz CT molecular complexity index is 541. The second-order valence-corrected chi connectivity index (χ2v) is 5.76. The number of amides is 1. The number of benzene rings is 1. The van der Waals surface area contributed by atoms with Gasteiger partial charge in [0.05, 0.1) is 18.2 Å². The SMILES string of the molecule is CCC(C)NC(=O)/C=C/c1cc(Cl)c(OC(C)C)c(OC)c1. The lowest BCUT2D eigenvalue weighted by molar-refractivity contribution is -0.117. The molecular weight excluding hydrogens is 302 g/mol. The van der Waals surface area contributed by atoms with E-state index >= 15 is 0 Å². The minimum absolute atomic E-state index is 0.00546. The summed E-state index contributed by atoms with van der Waals surface area (Å²) in [6.07, 6.45) is 4.07. The highest BCUT2D eigenvalue weighted by Crippen LogP contribution is 2.37. The van der Waals surface area contributed by atoms with Crippen LogP contribution in [0.3, 0.4) is 0 Å². The first-order chi connectivity index (χ1) is 10.4. The molecule has 0 radical (unpaired) electrons. The molecule has 1 atom stereocenters. The van der Waals surface area contributed by atoms with E-state index in [9.17, 15) is 4.79 Å². The molecule has 1 aromatic rings. The van der Waals surface area contributed by atoms with E-state index in [-0.39, 0.29) is 18.1 Å². The van der Waals surface area contributed by atoms with Crippen molar-refractivity contribution in [2.45, 2.75) is 46.3 Å². The number of carbonyl (C=O) groups is 1. The summed E-state index contributed by atoms with van der Waals surface area (Å²) in [6.45, 7) is 7.82. The first-order valence-corrected chi connectivity index (χ1v) is 7.77. The van der Waals surface area contributed by atoms with Crippen molar-refractivity contribution in [1.29, 1.82) is 0 Å². The summed E-state index contributed by atoms with van der Waals surface area (Å²) in [7, 11) is 1.56. The molecule has 122 valence electrons. The highest BCUT2D eigenvalue weighted by atomic mass is 35.5.